The van der Waals surface area contributed by atoms with E-state index in [1.165, 1.54) is 24.2 Å². The number of carbonyl (C=O) groups is 2. The Hall–Kier alpha value is -1.34. The molecule has 2 amide bonds. The number of nitrogens with one attached hydrogen (secondary N) is 1. The highest BCUT2D eigenvalue weighted by Crippen LogP contribution is 2.18. The molecule has 7 nitrogen and oxygen atoms in total. The fourth-order valence-corrected chi connectivity index (χ4v) is 2.88. The molecule has 0 saturated carbocycles. The lowest BCUT2D eigenvalue weighted by molar-refractivity contribution is -0.141. The first-order valence-electron chi connectivity index (χ1n) is 7.25. The molecule has 114 valence electrons. The van der Waals surface area contributed by atoms with Crippen molar-refractivity contribution in [3.8, 4) is 0 Å². The zero-order chi connectivity index (χ0) is 14.5. The number of aliphatic hydroxyl groups excluding tert-OH is 1. The number of β-amino-alcohol motifs (C(OH)–C–C–N with tert-alkyl or cyclic N) is 1. The first-order valence-corrected chi connectivity index (χ1v) is 7.25. The van der Waals surface area contributed by atoms with Crippen molar-refractivity contribution in [2.45, 2.75) is 37.8 Å². The van der Waals surface area contributed by atoms with Crippen LogP contribution in [0.15, 0.2) is 0 Å². The maximum Gasteiger partial charge on any atom is 0.326 e. The average molecular weight is 285 g/mol. The van der Waals surface area contributed by atoms with E-state index in [2.05, 4.69) is 10.2 Å². The maximum absolute atomic E-state index is 12.0. The summed E-state index contributed by atoms with van der Waals surface area (Å²) in [5, 5.41) is 21.3. The lowest BCUT2D eigenvalue weighted by atomic mass is 10.1. The van der Waals surface area contributed by atoms with Gasteiger partial charge in [0.2, 0.25) is 0 Å². The minimum atomic E-state index is -1.06. The second-order valence-electron chi connectivity index (χ2n) is 5.53. The van der Waals surface area contributed by atoms with Gasteiger partial charge in [0.05, 0.1) is 6.10 Å². The number of hydrogen-bond donors (Lipinski definition) is 3. The van der Waals surface area contributed by atoms with Crippen LogP contribution < -0.4 is 5.32 Å². The van der Waals surface area contributed by atoms with Gasteiger partial charge in [-0.3, -0.25) is 0 Å². The molecule has 2 heterocycles. The van der Waals surface area contributed by atoms with Crippen LogP contribution in [-0.4, -0.2) is 76.9 Å². The van der Waals surface area contributed by atoms with Gasteiger partial charge in [0.1, 0.15) is 6.04 Å². The molecule has 0 radical (unpaired) electrons. The molecule has 20 heavy (non-hydrogen) atoms. The van der Waals surface area contributed by atoms with Crippen LogP contribution in [0.4, 0.5) is 4.79 Å². The molecule has 2 fully saturated rings. The van der Waals surface area contributed by atoms with Gasteiger partial charge >= 0.3 is 12.0 Å². The number of carboxylic acids is 1. The Morgan fingerprint density at radius 3 is 2.55 bits per heavy atom. The molecule has 3 N–H and O–H groups in total. The second-order valence-corrected chi connectivity index (χ2v) is 5.53. The minimum absolute atomic E-state index is 0.0898. The number of amides is 2. The SMILES string of the molecule is O=C(O)C1CC(O)CN1C(=O)NCCN1CCCCC1. The van der Waals surface area contributed by atoms with E-state index in [4.69, 9.17) is 5.11 Å². The first kappa shape index (κ1) is 15.1. The first-order chi connectivity index (χ1) is 9.58. The van der Waals surface area contributed by atoms with Crippen molar-refractivity contribution in [1.82, 2.24) is 15.1 Å². The number of aliphatic carboxylic acids is 1. The number of hydrogen-bond acceptors (Lipinski definition) is 4. The smallest absolute Gasteiger partial charge is 0.326 e. The van der Waals surface area contributed by atoms with E-state index in [-0.39, 0.29) is 13.0 Å². The highest BCUT2D eigenvalue weighted by molar-refractivity contribution is 5.83. The summed E-state index contributed by atoms with van der Waals surface area (Å²) in [6.07, 6.45) is 3.04. The number of likely N-dealkylation sites (tertiary alicyclic amines) is 2. The standard InChI is InChI=1S/C13H23N3O4/c17-10-8-11(12(18)19)16(9-10)13(20)14-4-7-15-5-2-1-3-6-15/h10-11,17H,1-9H2,(H,14,20)(H,18,19). The Bertz CT molecular complexity index is 358. The fourth-order valence-electron chi connectivity index (χ4n) is 2.88. The average Bonchev–Trinajstić information content (AvgIpc) is 2.82. The fraction of sp³-hybridized carbons (Fsp3) is 0.846. The maximum atomic E-state index is 12.0. The number of aliphatic hydroxyl groups is 1. The van der Waals surface area contributed by atoms with Gasteiger partial charge in [-0.15, -0.1) is 0 Å². The number of carboxylic acid groups (broad SMARTS) is 1. The van der Waals surface area contributed by atoms with E-state index in [1.807, 2.05) is 0 Å². The summed E-state index contributed by atoms with van der Waals surface area (Å²) in [7, 11) is 0. The van der Waals surface area contributed by atoms with E-state index in [1.54, 1.807) is 0 Å². The third kappa shape index (κ3) is 3.83. The molecule has 0 spiro atoms. The molecule has 2 saturated heterocycles. The van der Waals surface area contributed by atoms with E-state index in [0.717, 1.165) is 19.6 Å². The van der Waals surface area contributed by atoms with Crippen LogP contribution in [0.1, 0.15) is 25.7 Å². The van der Waals surface area contributed by atoms with Crippen molar-refractivity contribution in [2.24, 2.45) is 0 Å². The normalized spacial score (nSPS) is 27.6. The predicted molar refractivity (Wildman–Crippen MR) is 72.4 cm³/mol. The Labute approximate surface area is 118 Å². The molecule has 0 aliphatic carbocycles. The quantitative estimate of drug-likeness (QED) is 0.659. The minimum Gasteiger partial charge on any atom is -0.480 e. The summed E-state index contributed by atoms with van der Waals surface area (Å²) in [6.45, 7) is 3.52. The van der Waals surface area contributed by atoms with E-state index in [0.29, 0.717) is 6.54 Å². The highest BCUT2D eigenvalue weighted by Gasteiger charge is 2.38. The monoisotopic (exact) mass is 285 g/mol. The van der Waals surface area contributed by atoms with Gasteiger partial charge in [0, 0.05) is 26.1 Å². The molecule has 2 atom stereocenters. The predicted octanol–water partition coefficient (Wildman–Crippen LogP) is -0.298. The van der Waals surface area contributed by atoms with Crippen LogP contribution >= 0.6 is 0 Å². The topological polar surface area (TPSA) is 93.1 Å². The summed E-state index contributed by atoms with van der Waals surface area (Å²) in [6, 6.07) is -1.31. The molecule has 2 aliphatic rings. The summed E-state index contributed by atoms with van der Waals surface area (Å²) in [5.41, 5.74) is 0. The van der Waals surface area contributed by atoms with Crippen molar-refractivity contribution in [2.75, 3.05) is 32.7 Å². The third-order valence-electron chi connectivity index (χ3n) is 3.98. The Morgan fingerprint density at radius 2 is 1.90 bits per heavy atom. The number of piperidine rings is 1. The van der Waals surface area contributed by atoms with Crippen LogP contribution in [-0.2, 0) is 4.79 Å². The van der Waals surface area contributed by atoms with Crippen LogP contribution in [0.2, 0.25) is 0 Å². The lowest BCUT2D eigenvalue weighted by Gasteiger charge is -2.27. The molecule has 0 aromatic heterocycles. The van der Waals surface area contributed by atoms with E-state index < -0.39 is 24.1 Å². The summed E-state index contributed by atoms with van der Waals surface area (Å²) in [5.74, 6) is -1.06. The Kier molecular flexibility index (Phi) is 5.19. The van der Waals surface area contributed by atoms with Crippen molar-refractivity contribution in [1.29, 1.82) is 0 Å². The second kappa shape index (κ2) is 6.90. The number of rotatable bonds is 4. The molecular weight excluding hydrogens is 262 g/mol. The molecule has 0 aromatic carbocycles. The van der Waals surface area contributed by atoms with Gasteiger partial charge in [0.15, 0.2) is 0 Å². The molecule has 0 bridgehead atoms. The van der Waals surface area contributed by atoms with Crippen LogP contribution in [0.5, 0.6) is 0 Å². The van der Waals surface area contributed by atoms with Crippen LogP contribution in [0.25, 0.3) is 0 Å². The molecule has 2 unspecified atom stereocenters. The van der Waals surface area contributed by atoms with Gasteiger partial charge in [-0.05, 0) is 25.9 Å². The Balaban J connectivity index is 1.74. The van der Waals surface area contributed by atoms with Gasteiger partial charge in [-0.1, -0.05) is 6.42 Å². The van der Waals surface area contributed by atoms with Gasteiger partial charge in [-0.25, -0.2) is 9.59 Å². The van der Waals surface area contributed by atoms with Crippen molar-refractivity contribution in [3.05, 3.63) is 0 Å². The highest BCUT2D eigenvalue weighted by atomic mass is 16.4. The lowest BCUT2D eigenvalue weighted by Crippen LogP contribution is -2.48. The van der Waals surface area contributed by atoms with Crippen LogP contribution in [0.3, 0.4) is 0 Å². The summed E-state index contributed by atoms with van der Waals surface area (Å²) >= 11 is 0. The van der Waals surface area contributed by atoms with Crippen molar-refractivity contribution >= 4 is 12.0 Å². The number of urea groups is 1. The van der Waals surface area contributed by atoms with Crippen LogP contribution in [0, 0.1) is 0 Å². The third-order valence-corrected chi connectivity index (χ3v) is 3.98. The van der Waals surface area contributed by atoms with Crippen molar-refractivity contribution in [3.63, 3.8) is 0 Å². The largest absolute Gasteiger partial charge is 0.480 e. The van der Waals surface area contributed by atoms with Crippen molar-refractivity contribution < 1.29 is 19.8 Å². The van der Waals surface area contributed by atoms with Gasteiger partial charge in [-0.2, -0.15) is 0 Å². The molecular formula is C13H23N3O4. The number of nitrogens with zero attached hydrogens (tertiary/aromatic N) is 2. The van der Waals surface area contributed by atoms with E-state index in [9.17, 15) is 14.7 Å². The van der Waals surface area contributed by atoms with Gasteiger partial charge < -0.3 is 25.3 Å². The van der Waals surface area contributed by atoms with Gasteiger partial charge in [0.25, 0.3) is 0 Å². The molecule has 2 aliphatic heterocycles. The zero-order valence-electron chi connectivity index (χ0n) is 11.6. The van der Waals surface area contributed by atoms with E-state index >= 15 is 0 Å². The number of carbonyl (C=O) groups excluding carboxylic acids is 1. The molecule has 0 aromatic rings. The Morgan fingerprint density at radius 1 is 1.20 bits per heavy atom. The molecule has 2 rings (SSSR count). The zero-order valence-corrected chi connectivity index (χ0v) is 11.6. The summed E-state index contributed by atoms with van der Waals surface area (Å²) < 4.78 is 0. The summed E-state index contributed by atoms with van der Waals surface area (Å²) in [4.78, 5) is 26.5. The molecule has 7 heteroatoms.